The quantitative estimate of drug-likeness (QED) is 0.798. The summed E-state index contributed by atoms with van der Waals surface area (Å²) >= 11 is 9.57. The molecule has 3 N–H and O–H groups in total. The van der Waals surface area contributed by atoms with Crippen LogP contribution in [0.1, 0.15) is 20.8 Å². The Morgan fingerprint density at radius 1 is 1.24 bits per heavy atom. The van der Waals surface area contributed by atoms with Crippen LogP contribution < -0.4 is 15.8 Å². The second-order valence-electron chi connectivity index (χ2n) is 5.55. The summed E-state index contributed by atoms with van der Waals surface area (Å²) in [7, 11) is 0. The SMILES string of the molecule is CC(C)(C)Oc1nc(Nc2cc(Br)ccc2Cl)ccc1N. The average Bonchev–Trinajstić information content (AvgIpc) is 2.36. The van der Waals surface area contributed by atoms with Crippen LogP contribution in [0.25, 0.3) is 0 Å². The van der Waals surface area contributed by atoms with Crippen LogP contribution >= 0.6 is 27.5 Å². The van der Waals surface area contributed by atoms with E-state index in [1.54, 1.807) is 18.2 Å². The number of nitrogens with two attached hydrogens (primary N) is 1. The molecule has 6 heteroatoms. The van der Waals surface area contributed by atoms with Crippen molar-refractivity contribution < 1.29 is 4.74 Å². The van der Waals surface area contributed by atoms with Crippen LogP contribution in [-0.4, -0.2) is 10.6 Å². The molecule has 0 bridgehead atoms. The van der Waals surface area contributed by atoms with Gasteiger partial charge in [0.15, 0.2) is 0 Å². The van der Waals surface area contributed by atoms with E-state index in [0.29, 0.717) is 22.4 Å². The molecular formula is C15H17BrClN3O. The fourth-order valence-electron chi connectivity index (χ4n) is 1.62. The third-order valence-corrected chi connectivity index (χ3v) is 3.31. The van der Waals surface area contributed by atoms with Crippen molar-refractivity contribution in [3.8, 4) is 5.88 Å². The number of hydrogen-bond acceptors (Lipinski definition) is 4. The number of rotatable bonds is 3. The summed E-state index contributed by atoms with van der Waals surface area (Å²) in [5.41, 5.74) is 6.78. The number of hydrogen-bond donors (Lipinski definition) is 2. The predicted octanol–water partition coefficient (Wildman–Crippen LogP) is 5.00. The third kappa shape index (κ3) is 4.51. The Hall–Kier alpha value is -1.46. The molecule has 0 spiro atoms. The van der Waals surface area contributed by atoms with Crippen molar-refractivity contribution in [2.75, 3.05) is 11.1 Å². The summed E-state index contributed by atoms with van der Waals surface area (Å²) in [6.45, 7) is 5.83. The first-order chi connectivity index (χ1) is 9.74. The van der Waals surface area contributed by atoms with Crippen LogP contribution in [0.2, 0.25) is 5.02 Å². The van der Waals surface area contributed by atoms with E-state index in [2.05, 4.69) is 26.2 Å². The van der Waals surface area contributed by atoms with Crippen molar-refractivity contribution in [3.63, 3.8) is 0 Å². The molecule has 0 aliphatic heterocycles. The summed E-state index contributed by atoms with van der Waals surface area (Å²) in [6, 6.07) is 9.09. The van der Waals surface area contributed by atoms with Gasteiger partial charge in [-0.1, -0.05) is 27.5 Å². The molecule has 0 atom stereocenters. The Bertz CT molecular complexity index is 656. The first-order valence-corrected chi connectivity index (χ1v) is 7.59. The molecule has 0 aliphatic carbocycles. The number of benzene rings is 1. The fourth-order valence-corrected chi connectivity index (χ4v) is 2.15. The van der Waals surface area contributed by atoms with Gasteiger partial charge in [-0.25, -0.2) is 0 Å². The summed E-state index contributed by atoms with van der Waals surface area (Å²) in [4.78, 5) is 4.39. The zero-order valence-corrected chi connectivity index (χ0v) is 14.4. The van der Waals surface area contributed by atoms with Crippen LogP contribution in [0.5, 0.6) is 5.88 Å². The third-order valence-electron chi connectivity index (χ3n) is 2.48. The van der Waals surface area contributed by atoms with Gasteiger partial charge < -0.3 is 15.8 Å². The molecule has 2 rings (SSSR count). The highest BCUT2D eigenvalue weighted by molar-refractivity contribution is 9.10. The maximum atomic E-state index is 6.16. The first kappa shape index (κ1) is 15.9. The van der Waals surface area contributed by atoms with Crippen molar-refractivity contribution in [1.82, 2.24) is 4.98 Å². The van der Waals surface area contributed by atoms with Crippen molar-refractivity contribution >= 4 is 44.7 Å². The summed E-state index contributed by atoms with van der Waals surface area (Å²) in [5, 5.41) is 3.76. The molecule has 1 aromatic heterocycles. The summed E-state index contributed by atoms with van der Waals surface area (Å²) < 4.78 is 6.67. The average molecular weight is 371 g/mol. The molecule has 1 heterocycles. The molecule has 0 fully saturated rings. The summed E-state index contributed by atoms with van der Waals surface area (Å²) in [6.07, 6.45) is 0. The number of ether oxygens (including phenoxy) is 1. The topological polar surface area (TPSA) is 60.2 Å². The van der Waals surface area contributed by atoms with Gasteiger partial charge in [-0.05, 0) is 51.1 Å². The lowest BCUT2D eigenvalue weighted by atomic mass is 10.2. The highest BCUT2D eigenvalue weighted by Crippen LogP contribution is 2.30. The predicted molar refractivity (Wildman–Crippen MR) is 91.5 cm³/mol. The van der Waals surface area contributed by atoms with E-state index in [9.17, 15) is 0 Å². The zero-order chi connectivity index (χ0) is 15.6. The number of nitrogen functional groups attached to an aromatic ring is 1. The summed E-state index contributed by atoms with van der Waals surface area (Å²) in [5.74, 6) is 1.02. The molecule has 0 aliphatic rings. The van der Waals surface area contributed by atoms with E-state index in [-0.39, 0.29) is 5.60 Å². The normalized spacial score (nSPS) is 11.3. The lowest BCUT2D eigenvalue weighted by molar-refractivity contribution is 0.125. The Kier molecular flexibility index (Phi) is 4.64. The maximum absolute atomic E-state index is 6.16. The Labute approximate surface area is 137 Å². The highest BCUT2D eigenvalue weighted by atomic mass is 79.9. The van der Waals surface area contributed by atoms with E-state index < -0.39 is 0 Å². The van der Waals surface area contributed by atoms with Crippen LogP contribution in [0, 0.1) is 0 Å². The lowest BCUT2D eigenvalue weighted by Crippen LogP contribution is -2.24. The largest absolute Gasteiger partial charge is 0.470 e. The second kappa shape index (κ2) is 6.12. The number of nitrogens with zero attached hydrogens (tertiary/aromatic N) is 1. The van der Waals surface area contributed by atoms with Gasteiger partial charge in [-0.15, -0.1) is 0 Å². The van der Waals surface area contributed by atoms with Gasteiger partial charge in [-0.3, -0.25) is 0 Å². The van der Waals surface area contributed by atoms with Crippen molar-refractivity contribution in [2.24, 2.45) is 0 Å². The van der Waals surface area contributed by atoms with Gasteiger partial charge in [0.05, 0.1) is 16.4 Å². The second-order valence-corrected chi connectivity index (χ2v) is 6.88. The number of aromatic nitrogens is 1. The molecule has 112 valence electrons. The van der Waals surface area contributed by atoms with Gasteiger partial charge in [-0.2, -0.15) is 4.98 Å². The minimum Gasteiger partial charge on any atom is -0.470 e. The van der Waals surface area contributed by atoms with Crippen LogP contribution in [0.3, 0.4) is 0 Å². The van der Waals surface area contributed by atoms with Crippen LogP contribution in [-0.2, 0) is 0 Å². The molecule has 0 saturated carbocycles. The smallest absolute Gasteiger partial charge is 0.239 e. The van der Waals surface area contributed by atoms with Crippen molar-refractivity contribution in [3.05, 3.63) is 39.8 Å². The number of pyridine rings is 1. The number of halogens is 2. The number of anilines is 3. The maximum Gasteiger partial charge on any atom is 0.239 e. The fraction of sp³-hybridized carbons (Fsp3) is 0.267. The van der Waals surface area contributed by atoms with Crippen LogP contribution in [0.4, 0.5) is 17.2 Å². The molecular weight excluding hydrogens is 354 g/mol. The van der Waals surface area contributed by atoms with E-state index in [4.69, 9.17) is 22.1 Å². The van der Waals surface area contributed by atoms with E-state index in [0.717, 1.165) is 10.2 Å². The van der Waals surface area contributed by atoms with Gasteiger partial charge in [0.2, 0.25) is 5.88 Å². The molecule has 1 aromatic carbocycles. The molecule has 0 radical (unpaired) electrons. The van der Waals surface area contributed by atoms with Gasteiger partial charge in [0.1, 0.15) is 11.4 Å². The molecule has 0 saturated heterocycles. The van der Waals surface area contributed by atoms with Gasteiger partial charge >= 0.3 is 0 Å². The Balaban J connectivity index is 2.29. The molecule has 2 aromatic rings. The van der Waals surface area contributed by atoms with Crippen LogP contribution in [0.15, 0.2) is 34.8 Å². The minimum absolute atomic E-state index is 0.368. The Morgan fingerprint density at radius 2 is 1.95 bits per heavy atom. The van der Waals surface area contributed by atoms with E-state index in [1.165, 1.54) is 0 Å². The Morgan fingerprint density at radius 3 is 2.62 bits per heavy atom. The van der Waals surface area contributed by atoms with Gasteiger partial charge in [0, 0.05) is 4.47 Å². The van der Waals surface area contributed by atoms with E-state index >= 15 is 0 Å². The first-order valence-electron chi connectivity index (χ1n) is 6.42. The monoisotopic (exact) mass is 369 g/mol. The number of nitrogens with one attached hydrogen (secondary N) is 1. The zero-order valence-electron chi connectivity index (χ0n) is 12.1. The van der Waals surface area contributed by atoms with Gasteiger partial charge in [0.25, 0.3) is 0 Å². The van der Waals surface area contributed by atoms with Crippen molar-refractivity contribution in [1.29, 1.82) is 0 Å². The van der Waals surface area contributed by atoms with E-state index in [1.807, 2.05) is 32.9 Å². The molecule has 4 nitrogen and oxygen atoms in total. The molecule has 0 unspecified atom stereocenters. The lowest BCUT2D eigenvalue weighted by Gasteiger charge is -2.21. The minimum atomic E-state index is -0.368. The molecule has 21 heavy (non-hydrogen) atoms. The highest BCUT2D eigenvalue weighted by Gasteiger charge is 2.15. The standard InChI is InChI=1S/C15H17BrClN3O/c1-15(2,3)21-14-11(18)6-7-13(20-14)19-12-8-9(16)4-5-10(12)17/h4-8H,18H2,1-3H3,(H,19,20). The van der Waals surface area contributed by atoms with Crippen molar-refractivity contribution in [2.45, 2.75) is 26.4 Å². The molecule has 0 amide bonds.